The normalized spacial score (nSPS) is 10.8. The minimum atomic E-state index is -0.341. The van der Waals surface area contributed by atoms with Crippen LogP contribution in [0.1, 0.15) is 16.1 Å². The van der Waals surface area contributed by atoms with E-state index in [1.165, 1.54) is 12.4 Å². The van der Waals surface area contributed by atoms with Crippen LogP contribution in [0.5, 0.6) is 0 Å². The Bertz CT molecular complexity index is 844. The standard InChI is InChI=1S/C17H12ClN3O2/c18-15-6-2-1-5-14(15)16-8-7-13(23-16)11-20-21-17(22)12-4-3-9-19-10-12/h1-11H,(H,21,22). The molecule has 1 aromatic carbocycles. The summed E-state index contributed by atoms with van der Waals surface area (Å²) in [4.78, 5) is 15.7. The molecule has 0 aliphatic rings. The number of nitrogens with zero attached hydrogens (tertiary/aromatic N) is 2. The van der Waals surface area contributed by atoms with Crippen molar-refractivity contribution in [3.8, 4) is 11.3 Å². The molecule has 1 amide bonds. The van der Waals surface area contributed by atoms with Crippen LogP contribution in [0.25, 0.3) is 11.3 Å². The van der Waals surface area contributed by atoms with Gasteiger partial charge in [0.15, 0.2) is 0 Å². The number of nitrogens with one attached hydrogen (secondary N) is 1. The van der Waals surface area contributed by atoms with Gasteiger partial charge in [0.25, 0.3) is 5.91 Å². The van der Waals surface area contributed by atoms with Crippen molar-refractivity contribution < 1.29 is 9.21 Å². The third kappa shape index (κ3) is 3.64. The first-order valence-electron chi connectivity index (χ1n) is 6.82. The van der Waals surface area contributed by atoms with E-state index in [1.807, 2.05) is 18.2 Å². The largest absolute Gasteiger partial charge is 0.455 e. The van der Waals surface area contributed by atoms with E-state index >= 15 is 0 Å². The number of carbonyl (C=O) groups is 1. The second kappa shape index (κ2) is 6.89. The monoisotopic (exact) mass is 325 g/mol. The number of hydrogen-bond acceptors (Lipinski definition) is 4. The van der Waals surface area contributed by atoms with Crippen LogP contribution >= 0.6 is 11.6 Å². The number of hydrogen-bond donors (Lipinski definition) is 1. The molecular formula is C17H12ClN3O2. The Kier molecular flexibility index (Phi) is 4.49. The summed E-state index contributed by atoms with van der Waals surface area (Å²) in [5, 5.41) is 4.47. The molecule has 2 aromatic heterocycles. The highest BCUT2D eigenvalue weighted by molar-refractivity contribution is 6.33. The van der Waals surface area contributed by atoms with Gasteiger partial charge in [0.1, 0.15) is 11.5 Å². The highest BCUT2D eigenvalue weighted by Gasteiger charge is 2.07. The molecule has 3 rings (SSSR count). The van der Waals surface area contributed by atoms with Crippen molar-refractivity contribution in [2.75, 3.05) is 0 Å². The molecule has 0 aliphatic heterocycles. The van der Waals surface area contributed by atoms with E-state index in [1.54, 1.807) is 36.5 Å². The number of halogens is 1. The van der Waals surface area contributed by atoms with Gasteiger partial charge in [-0.05, 0) is 36.4 Å². The molecule has 0 bridgehead atoms. The molecule has 0 spiro atoms. The van der Waals surface area contributed by atoms with Crippen LogP contribution in [0, 0.1) is 0 Å². The van der Waals surface area contributed by atoms with Gasteiger partial charge >= 0.3 is 0 Å². The van der Waals surface area contributed by atoms with Crippen molar-refractivity contribution in [1.82, 2.24) is 10.4 Å². The number of carbonyl (C=O) groups excluding carboxylic acids is 1. The Balaban J connectivity index is 1.68. The molecule has 0 saturated heterocycles. The lowest BCUT2D eigenvalue weighted by molar-refractivity contribution is 0.0955. The molecule has 0 unspecified atom stereocenters. The molecule has 0 saturated carbocycles. The van der Waals surface area contributed by atoms with E-state index < -0.39 is 0 Å². The highest BCUT2D eigenvalue weighted by atomic mass is 35.5. The topological polar surface area (TPSA) is 67.5 Å². The third-order valence-corrected chi connectivity index (χ3v) is 3.38. The molecule has 0 fully saturated rings. The highest BCUT2D eigenvalue weighted by Crippen LogP contribution is 2.28. The first-order valence-corrected chi connectivity index (χ1v) is 7.20. The molecule has 23 heavy (non-hydrogen) atoms. The summed E-state index contributed by atoms with van der Waals surface area (Å²) in [6.45, 7) is 0. The summed E-state index contributed by atoms with van der Waals surface area (Å²) in [5.41, 5.74) is 3.64. The average Bonchev–Trinajstić information content (AvgIpc) is 3.04. The third-order valence-electron chi connectivity index (χ3n) is 3.05. The van der Waals surface area contributed by atoms with Gasteiger partial charge in [0.2, 0.25) is 0 Å². The summed E-state index contributed by atoms with van der Waals surface area (Å²) in [5.74, 6) is 0.800. The first-order chi connectivity index (χ1) is 11.2. The van der Waals surface area contributed by atoms with Gasteiger partial charge in [-0.25, -0.2) is 5.43 Å². The van der Waals surface area contributed by atoms with E-state index in [0.29, 0.717) is 22.1 Å². The predicted octanol–water partition coefficient (Wildman–Crippen LogP) is 3.76. The molecule has 3 aromatic rings. The minimum absolute atomic E-state index is 0.341. The van der Waals surface area contributed by atoms with Gasteiger partial charge in [0, 0.05) is 18.0 Å². The van der Waals surface area contributed by atoms with Gasteiger partial charge in [-0.3, -0.25) is 9.78 Å². The lowest BCUT2D eigenvalue weighted by Gasteiger charge is -1.99. The first kappa shape index (κ1) is 15.0. The molecular weight excluding hydrogens is 314 g/mol. The fourth-order valence-electron chi connectivity index (χ4n) is 1.94. The minimum Gasteiger partial charge on any atom is -0.455 e. The van der Waals surface area contributed by atoms with Crippen LogP contribution in [0.4, 0.5) is 0 Å². The van der Waals surface area contributed by atoms with Crippen LogP contribution in [0.15, 0.2) is 70.4 Å². The summed E-state index contributed by atoms with van der Waals surface area (Å²) in [6.07, 6.45) is 4.49. The van der Waals surface area contributed by atoms with Crippen molar-refractivity contribution in [3.63, 3.8) is 0 Å². The zero-order valence-electron chi connectivity index (χ0n) is 11.9. The number of pyridine rings is 1. The van der Waals surface area contributed by atoms with E-state index in [2.05, 4.69) is 15.5 Å². The SMILES string of the molecule is O=C(NN=Cc1ccc(-c2ccccc2Cl)o1)c1cccnc1. The maximum atomic E-state index is 11.8. The lowest BCUT2D eigenvalue weighted by atomic mass is 10.2. The Morgan fingerprint density at radius 1 is 1.17 bits per heavy atom. The molecule has 0 aliphatic carbocycles. The quantitative estimate of drug-likeness (QED) is 0.586. The Labute approximate surface area is 137 Å². The van der Waals surface area contributed by atoms with Gasteiger partial charge in [-0.1, -0.05) is 23.7 Å². The van der Waals surface area contributed by atoms with Crippen molar-refractivity contribution in [3.05, 3.63) is 77.3 Å². The van der Waals surface area contributed by atoms with Crippen LogP contribution in [0.2, 0.25) is 5.02 Å². The number of furan rings is 1. The van der Waals surface area contributed by atoms with Gasteiger partial charge in [-0.15, -0.1) is 0 Å². The molecule has 114 valence electrons. The van der Waals surface area contributed by atoms with E-state index in [0.717, 1.165) is 5.56 Å². The summed E-state index contributed by atoms with van der Waals surface area (Å²) < 4.78 is 5.64. The van der Waals surface area contributed by atoms with E-state index in [4.69, 9.17) is 16.0 Å². The van der Waals surface area contributed by atoms with Crippen molar-refractivity contribution >= 4 is 23.7 Å². The fourth-order valence-corrected chi connectivity index (χ4v) is 2.17. The molecule has 0 atom stereocenters. The molecule has 2 heterocycles. The Morgan fingerprint density at radius 2 is 2.04 bits per heavy atom. The summed E-state index contributed by atoms with van der Waals surface area (Å²) in [7, 11) is 0. The van der Waals surface area contributed by atoms with Gasteiger partial charge in [0.05, 0.1) is 16.8 Å². The van der Waals surface area contributed by atoms with Crippen LogP contribution < -0.4 is 5.43 Å². The van der Waals surface area contributed by atoms with Gasteiger partial charge in [-0.2, -0.15) is 5.10 Å². The smallest absolute Gasteiger partial charge is 0.272 e. The lowest BCUT2D eigenvalue weighted by Crippen LogP contribution is -2.17. The number of aromatic nitrogens is 1. The second-order valence-electron chi connectivity index (χ2n) is 4.62. The van der Waals surface area contributed by atoms with Crippen LogP contribution in [-0.2, 0) is 0 Å². The van der Waals surface area contributed by atoms with Crippen molar-refractivity contribution in [2.24, 2.45) is 5.10 Å². The Morgan fingerprint density at radius 3 is 2.83 bits per heavy atom. The van der Waals surface area contributed by atoms with Crippen LogP contribution in [0.3, 0.4) is 0 Å². The molecule has 6 heteroatoms. The number of rotatable bonds is 4. The van der Waals surface area contributed by atoms with Crippen molar-refractivity contribution in [1.29, 1.82) is 0 Å². The maximum Gasteiger partial charge on any atom is 0.272 e. The molecule has 1 N–H and O–H groups in total. The van der Waals surface area contributed by atoms with E-state index in [-0.39, 0.29) is 5.91 Å². The van der Waals surface area contributed by atoms with Crippen molar-refractivity contribution in [2.45, 2.75) is 0 Å². The fraction of sp³-hybridized carbons (Fsp3) is 0. The van der Waals surface area contributed by atoms with Gasteiger partial charge < -0.3 is 4.42 Å². The summed E-state index contributed by atoms with van der Waals surface area (Å²) >= 11 is 6.13. The van der Waals surface area contributed by atoms with E-state index in [9.17, 15) is 4.79 Å². The number of hydrazone groups is 1. The zero-order valence-corrected chi connectivity index (χ0v) is 12.7. The maximum absolute atomic E-state index is 11.8. The zero-order chi connectivity index (χ0) is 16.1. The molecule has 0 radical (unpaired) electrons. The Hall–Kier alpha value is -2.92. The molecule has 5 nitrogen and oxygen atoms in total. The number of amides is 1. The summed E-state index contributed by atoms with van der Waals surface area (Å²) in [6, 6.07) is 14.3. The number of benzene rings is 1. The second-order valence-corrected chi connectivity index (χ2v) is 5.03. The predicted molar refractivity (Wildman–Crippen MR) is 88.5 cm³/mol. The average molecular weight is 326 g/mol. The van der Waals surface area contributed by atoms with Crippen LogP contribution in [-0.4, -0.2) is 17.1 Å².